The monoisotopic (exact) mass is 228 g/mol. The molecule has 0 fully saturated rings. The fraction of sp³-hybridized carbons (Fsp3) is 0.267. The molecule has 1 aliphatic carbocycles. The van der Waals surface area contributed by atoms with E-state index in [1.165, 1.54) is 0 Å². The Balaban J connectivity index is 1.89. The molecule has 1 unspecified atom stereocenters. The Morgan fingerprint density at radius 3 is 2.82 bits per heavy atom. The number of benzene rings is 1. The van der Waals surface area contributed by atoms with E-state index >= 15 is 0 Å². The van der Waals surface area contributed by atoms with Gasteiger partial charge in [-0.3, -0.25) is 4.79 Å². The lowest BCUT2D eigenvalue weighted by atomic mass is 9.88. The van der Waals surface area contributed by atoms with Gasteiger partial charge in [-0.05, 0) is 30.9 Å². The van der Waals surface area contributed by atoms with Gasteiger partial charge < -0.3 is 4.74 Å². The van der Waals surface area contributed by atoms with Crippen LogP contribution in [0, 0.1) is 5.92 Å². The maximum Gasteiger partial charge on any atom is 0.311 e. The Bertz CT molecular complexity index is 431. The highest BCUT2D eigenvalue weighted by Crippen LogP contribution is 2.26. The van der Waals surface area contributed by atoms with E-state index in [2.05, 4.69) is 12.7 Å². The van der Waals surface area contributed by atoms with E-state index in [4.69, 9.17) is 4.74 Å². The number of carbonyl (C=O) groups is 1. The van der Waals surface area contributed by atoms with Crippen molar-refractivity contribution >= 4 is 5.97 Å². The lowest BCUT2D eigenvalue weighted by Crippen LogP contribution is -2.16. The van der Waals surface area contributed by atoms with Crippen molar-refractivity contribution in [1.29, 1.82) is 0 Å². The van der Waals surface area contributed by atoms with Crippen LogP contribution in [-0.4, -0.2) is 5.97 Å². The minimum atomic E-state index is -0.183. The third kappa shape index (κ3) is 3.31. The van der Waals surface area contributed by atoms with E-state index in [0.29, 0.717) is 12.2 Å². The van der Waals surface area contributed by atoms with E-state index in [0.717, 1.165) is 18.4 Å². The lowest BCUT2D eigenvalue weighted by Gasteiger charge is -2.19. The zero-order valence-corrected chi connectivity index (χ0v) is 9.76. The predicted octanol–water partition coefficient (Wildman–Crippen LogP) is 3.50. The highest BCUT2D eigenvalue weighted by Gasteiger charge is 2.18. The SMILES string of the molecule is C=C1C=CCCC1CC(=O)Oc1ccccc1. The Morgan fingerprint density at radius 2 is 2.12 bits per heavy atom. The lowest BCUT2D eigenvalue weighted by molar-refractivity contribution is -0.135. The van der Waals surface area contributed by atoms with Gasteiger partial charge in [0.05, 0.1) is 6.42 Å². The average molecular weight is 228 g/mol. The van der Waals surface area contributed by atoms with E-state index in [9.17, 15) is 4.79 Å². The molecule has 1 aromatic carbocycles. The van der Waals surface area contributed by atoms with Gasteiger partial charge in [0.2, 0.25) is 0 Å². The maximum atomic E-state index is 11.7. The Labute approximate surface area is 102 Å². The van der Waals surface area contributed by atoms with Crippen LogP contribution < -0.4 is 4.74 Å². The van der Waals surface area contributed by atoms with Gasteiger partial charge in [-0.2, -0.15) is 0 Å². The van der Waals surface area contributed by atoms with Crippen molar-refractivity contribution in [3.8, 4) is 5.75 Å². The topological polar surface area (TPSA) is 26.3 Å². The fourth-order valence-corrected chi connectivity index (χ4v) is 1.95. The highest BCUT2D eigenvalue weighted by atomic mass is 16.5. The molecule has 0 saturated carbocycles. The molecular weight excluding hydrogens is 212 g/mol. The first-order valence-corrected chi connectivity index (χ1v) is 5.87. The highest BCUT2D eigenvalue weighted by molar-refractivity contribution is 5.73. The van der Waals surface area contributed by atoms with Gasteiger partial charge in [0.25, 0.3) is 0 Å². The largest absolute Gasteiger partial charge is 0.427 e. The molecule has 1 atom stereocenters. The van der Waals surface area contributed by atoms with E-state index < -0.39 is 0 Å². The molecule has 0 spiro atoms. The molecule has 0 aliphatic heterocycles. The second-order valence-electron chi connectivity index (χ2n) is 4.24. The van der Waals surface area contributed by atoms with Crippen LogP contribution in [0.15, 0.2) is 54.6 Å². The van der Waals surface area contributed by atoms with Crippen LogP contribution in [0.1, 0.15) is 19.3 Å². The summed E-state index contributed by atoms with van der Waals surface area (Å²) in [6, 6.07) is 9.17. The molecule has 17 heavy (non-hydrogen) atoms. The normalized spacial score (nSPS) is 19.1. The van der Waals surface area contributed by atoms with Crippen molar-refractivity contribution in [3.05, 3.63) is 54.6 Å². The van der Waals surface area contributed by atoms with Crippen molar-refractivity contribution in [2.24, 2.45) is 5.92 Å². The third-order valence-corrected chi connectivity index (χ3v) is 2.93. The minimum absolute atomic E-state index is 0.183. The zero-order chi connectivity index (χ0) is 12.1. The molecule has 88 valence electrons. The van der Waals surface area contributed by atoms with Crippen molar-refractivity contribution in [3.63, 3.8) is 0 Å². The van der Waals surface area contributed by atoms with Gasteiger partial charge in [0, 0.05) is 0 Å². The standard InChI is InChI=1S/C15H16O2/c1-12-7-5-6-8-13(12)11-15(16)17-14-9-3-2-4-10-14/h2-5,7,9-10,13H,1,6,8,11H2. The molecule has 0 heterocycles. The number of carbonyl (C=O) groups excluding carboxylic acids is 1. The number of hydrogen-bond donors (Lipinski definition) is 0. The Hall–Kier alpha value is -1.83. The van der Waals surface area contributed by atoms with Crippen molar-refractivity contribution in [2.75, 3.05) is 0 Å². The summed E-state index contributed by atoms with van der Waals surface area (Å²) >= 11 is 0. The fourth-order valence-electron chi connectivity index (χ4n) is 1.95. The Kier molecular flexibility index (Phi) is 3.76. The molecule has 0 aromatic heterocycles. The van der Waals surface area contributed by atoms with Crippen LogP contribution in [0.5, 0.6) is 5.75 Å². The Morgan fingerprint density at radius 1 is 1.35 bits per heavy atom. The van der Waals surface area contributed by atoms with Gasteiger partial charge in [-0.25, -0.2) is 0 Å². The predicted molar refractivity (Wildman–Crippen MR) is 67.7 cm³/mol. The molecule has 0 N–H and O–H groups in total. The van der Waals surface area contributed by atoms with Gasteiger partial charge in [-0.1, -0.05) is 42.5 Å². The van der Waals surface area contributed by atoms with Gasteiger partial charge >= 0.3 is 5.97 Å². The number of ether oxygens (including phenoxy) is 1. The zero-order valence-electron chi connectivity index (χ0n) is 9.76. The molecule has 0 bridgehead atoms. The maximum absolute atomic E-state index is 11.7. The van der Waals surface area contributed by atoms with E-state index in [-0.39, 0.29) is 11.9 Å². The molecule has 2 heteroatoms. The smallest absolute Gasteiger partial charge is 0.311 e. The van der Waals surface area contributed by atoms with Crippen LogP contribution in [0.2, 0.25) is 0 Å². The van der Waals surface area contributed by atoms with E-state index in [1.54, 1.807) is 12.1 Å². The quantitative estimate of drug-likeness (QED) is 0.584. The summed E-state index contributed by atoms with van der Waals surface area (Å²) in [7, 11) is 0. The molecule has 2 nitrogen and oxygen atoms in total. The molecule has 0 saturated heterocycles. The first-order chi connectivity index (χ1) is 8.25. The summed E-state index contributed by atoms with van der Waals surface area (Å²) in [5.41, 5.74) is 1.03. The number of rotatable bonds is 3. The van der Waals surface area contributed by atoms with Crippen LogP contribution in [0.25, 0.3) is 0 Å². The second kappa shape index (κ2) is 5.48. The van der Waals surface area contributed by atoms with Crippen molar-refractivity contribution in [2.45, 2.75) is 19.3 Å². The van der Waals surface area contributed by atoms with Crippen LogP contribution in [0.4, 0.5) is 0 Å². The number of hydrogen-bond acceptors (Lipinski definition) is 2. The first kappa shape index (κ1) is 11.6. The van der Waals surface area contributed by atoms with Crippen LogP contribution in [0.3, 0.4) is 0 Å². The van der Waals surface area contributed by atoms with E-state index in [1.807, 2.05) is 24.3 Å². The summed E-state index contributed by atoms with van der Waals surface area (Å²) in [5.74, 6) is 0.656. The van der Waals surface area contributed by atoms with Crippen molar-refractivity contribution < 1.29 is 9.53 Å². The van der Waals surface area contributed by atoms with Crippen molar-refractivity contribution in [1.82, 2.24) is 0 Å². The summed E-state index contributed by atoms with van der Waals surface area (Å²) in [6.45, 7) is 3.96. The van der Waals surface area contributed by atoms with Crippen LogP contribution in [-0.2, 0) is 4.79 Å². The minimum Gasteiger partial charge on any atom is -0.427 e. The third-order valence-electron chi connectivity index (χ3n) is 2.93. The van der Waals surface area contributed by atoms with Gasteiger partial charge in [-0.15, -0.1) is 0 Å². The number of para-hydroxylation sites is 1. The molecule has 1 aliphatic rings. The average Bonchev–Trinajstić information content (AvgIpc) is 2.33. The molecule has 0 radical (unpaired) electrons. The summed E-state index contributed by atoms with van der Waals surface area (Å²) in [4.78, 5) is 11.7. The van der Waals surface area contributed by atoms with Gasteiger partial charge in [0.15, 0.2) is 0 Å². The first-order valence-electron chi connectivity index (χ1n) is 5.87. The second-order valence-corrected chi connectivity index (χ2v) is 4.24. The molecular formula is C15H16O2. The number of allylic oxidation sites excluding steroid dienone is 3. The number of esters is 1. The molecule has 2 rings (SSSR count). The summed E-state index contributed by atoms with van der Waals surface area (Å²) in [6.07, 6.45) is 6.52. The van der Waals surface area contributed by atoms with Crippen LogP contribution >= 0.6 is 0 Å². The molecule has 1 aromatic rings. The van der Waals surface area contributed by atoms with Gasteiger partial charge in [0.1, 0.15) is 5.75 Å². The summed E-state index contributed by atoms with van der Waals surface area (Å²) < 4.78 is 5.26. The summed E-state index contributed by atoms with van der Waals surface area (Å²) in [5, 5.41) is 0. The molecule has 0 amide bonds.